The molecule has 0 fully saturated rings. The first-order valence-electron chi connectivity index (χ1n) is 5.41. The van der Waals surface area contributed by atoms with Crippen molar-refractivity contribution < 1.29 is 14.3 Å². The topological polar surface area (TPSA) is 61.5 Å². The number of carbonyl (C=O) groups is 1. The highest BCUT2D eigenvalue weighted by Gasteiger charge is 2.06. The van der Waals surface area contributed by atoms with Crippen LogP contribution in [0, 0.1) is 0 Å². The Bertz CT molecular complexity index is 511. The van der Waals surface area contributed by atoms with Crippen LogP contribution >= 0.6 is 11.3 Å². The van der Waals surface area contributed by atoms with E-state index in [0.29, 0.717) is 11.4 Å². The van der Waals surface area contributed by atoms with Crippen molar-refractivity contribution in [3.05, 3.63) is 46.7 Å². The highest BCUT2D eigenvalue weighted by atomic mass is 32.1. The Balaban J connectivity index is 1.77. The Morgan fingerprint density at radius 3 is 2.78 bits per heavy atom. The fourth-order valence-corrected chi connectivity index (χ4v) is 1.95. The second-order valence-corrected chi connectivity index (χ2v) is 4.60. The zero-order valence-electron chi connectivity index (χ0n) is 9.67. The fourth-order valence-electron chi connectivity index (χ4n) is 1.34. The fraction of sp³-hybridized carbons (Fsp3) is 0.154. The van der Waals surface area contributed by atoms with Crippen LogP contribution < -0.4 is 10.5 Å². The van der Waals surface area contributed by atoms with Crippen LogP contribution in [0.5, 0.6) is 5.75 Å². The lowest BCUT2D eigenvalue weighted by Crippen LogP contribution is -2.15. The van der Waals surface area contributed by atoms with Crippen molar-refractivity contribution in [3.8, 4) is 5.75 Å². The number of para-hydroxylation sites is 2. The minimum atomic E-state index is -0.411. The van der Waals surface area contributed by atoms with Gasteiger partial charge in [0.25, 0.3) is 0 Å². The zero-order valence-corrected chi connectivity index (χ0v) is 10.5. The molecule has 0 aliphatic carbocycles. The van der Waals surface area contributed by atoms with Gasteiger partial charge in [-0.2, -0.15) is 0 Å². The van der Waals surface area contributed by atoms with Gasteiger partial charge in [-0.05, 0) is 23.6 Å². The summed E-state index contributed by atoms with van der Waals surface area (Å²) < 4.78 is 10.3. The summed E-state index contributed by atoms with van der Waals surface area (Å²) in [6.07, 6.45) is 0. The number of anilines is 1. The van der Waals surface area contributed by atoms with Gasteiger partial charge in [0.05, 0.1) is 5.69 Å². The number of thiophene rings is 1. The molecule has 2 N–H and O–H groups in total. The number of nitrogens with two attached hydrogens (primary N) is 1. The predicted octanol–water partition coefficient (Wildman–Crippen LogP) is 2.45. The van der Waals surface area contributed by atoms with E-state index in [4.69, 9.17) is 15.2 Å². The molecule has 0 aliphatic heterocycles. The van der Waals surface area contributed by atoms with Crippen LogP contribution in [0.15, 0.2) is 41.8 Å². The minimum absolute atomic E-state index is 0.139. The molecule has 0 bridgehead atoms. The molecule has 0 atom stereocenters. The quantitative estimate of drug-likeness (QED) is 0.665. The van der Waals surface area contributed by atoms with Gasteiger partial charge in [-0.15, -0.1) is 11.3 Å². The summed E-state index contributed by atoms with van der Waals surface area (Å²) in [5.74, 6) is 0.0808. The lowest BCUT2D eigenvalue weighted by molar-refractivity contribution is -0.147. The minimum Gasteiger partial charge on any atom is -0.480 e. The highest BCUT2D eigenvalue weighted by molar-refractivity contribution is 7.09. The van der Waals surface area contributed by atoms with Crippen molar-refractivity contribution in [1.29, 1.82) is 0 Å². The maximum atomic E-state index is 11.4. The number of benzene rings is 1. The van der Waals surface area contributed by atoms with Crippen LogP contribution in [0.1, 0.15) is 4.88 Å². The largest absolute Gasteiger partial charge is 0.480 e. The Hall–Kier alpha value is -2.01. The van der Waals surface area contributed by atoms with Crippen molar-refractivity contribution in [2.75, 3.05) is 12.3 Å². The molecule has 0 radical (unpaired) electrons. The SMILES string of the molecule is Nc1ccccc1OCC(=O)OCc1cccs1. The van der Waals surface area contributed by atoms with Gasteiger partial charge in [0.1, 0.15) is 12.4 Å². The Morgan fingerprint density at radius 2 is 2.06 bits per heavy atom. The predicted molar refractivity (Wildman–Crippen MR) is 70.5 cm³/mol. The van der Waals surface area contributed by atoms with Crippen molar-refractivity contribution in [3.63, 3.8) is 0 Å². The van der Waals surface area contributed by atoms with E-state index in [2.05, 4.69) is 0 Å². The summed E-state index contributed by atoms with van der Waals surface area (Å²) in [7, 11) is 0. The van der Waals surface area contributed by atoms with Gasteiger partial charge in [0, 0.05) is 4.88 Å². The lowest BCUT2D eigenvalue weighted by atomic mass is 10.3. The van der Waals surface area contributed by atoms with E-state index in [1.807, 2.05) is 17.5 Å². The number of hydrogen-bond donors (Lipinski definition) is 1. The van der Waals surface area contributed by atoms with Crippen molar-refractivity contribution in [1.82, 2.24) is 0 Å². The third-order valence-electron chi connectivity index (χ3n) is 2.22. The standard InChI is InChI=1S/C13H13NO3S/c14-11-5-1-2-6-12(11)16-9-13(15)17-8-10-4-3-7-18-10/h1-7H,8-9,14H2. The van der Waals surface area contributed by atoms with Crippen LogP contribution in [-0.2, 0) is 16.1 Å². The molecule has 0 amide bonds. The summed E-state index contributed by atoms with van der Waals surface area (Å²) in [4.78, 5) is 12.4. The van der Waals surface area contributed by atoms with Crippen LogP contribution in [0.2, 0.25) is 0 Å². The first-order valence-corrected chi connectivity index (χ1v) is 6.29. The monoisotopic (exact) mass is 263 g/mol. The molecular weight excluding hydrogens is 250 g/mol. The lowest BCUT2D eigenvalue weighted by Gasteiger charge is -2.08. The van der Waals surface area contributed by atoms with E-state index in [-0.39, 0.29) is 13.2 Å². The number of ether oxygens (including phenoxy) is 2. The normalized spacial score (nSPS) is 10.0. The molecule has 2 aromatic rings. The van der Waals surface area contributed by atoms with Crippen molar-refractivity contribution in [2.24, 2.45) is 0 Å². The van der Waals surface area contributed by atoms with Gasteiger partial charge < -0.3 is 15.2 Å². The third-order valence-corrected chi connectivity index (χ3v) is 3.07. The maximum absolute atomic E-state index is 11.4. The second-order valence-electron chi connectivity index (χ2n) is 3.57. The van der Waals surface area contributed by atoms with Crippen molar-refractivity contribution >= 4 is 23.0 Å². The van der Waals surface area contributed by atoms with Gasteiger partial charge in [0.2, 0.25) is 0 Å². The van der Waals surface area contributed by atoms with E-state index in [1.165, 1.54) is 0 Å². The van der Waals surface area contributed by atoms with E-state index >= 15 is 0 Å². The molecule has 0 saturated carbocycles. The smallest absolute Gasteiger partial charge is 0.344 e. The van der Waals surface area contributed by atoms with Crippen LogP contribution in [-0.4, -0.2) is 12.6 Å². The molecule has 4 nitrogen and oxygen atoms in total. The molecule has 2 rings (SSSR count). The number of rotatable bonds is 5. The summed E-state index contributed by atoms with van der Waals surface area (Å²) >= 11 is 1.54. The summed E-state index contributed by atoms with van der Waals surface area (Å²) in [5, 5.41) is 1.93. The van der Waals surface area contributed by atoms with Gasteiger partial charge >= 0.3 is 5.97 Å². The molecule has 5 heteroatoms. The molecule has 0 unspecified atom stereocenters. The number of nitrogen functional groups attached to an aromatic ring is 1. The zero-order chi connectivity index (χ0) is 12.8. The van der Waals surface area contributed by atoms with Gasteiger partial charge in [-0.3, -0.25) is 0 Å². The molecule has 0 saturated heterocycles. The third kappa shape index (κ3) is 3.49. The Kier molecular flexibility index (Phi) is 4.20. The first-order chi connectivity index (χ1) is 8.75. The van der Waals surface area contributed by atoms with Gasteiger partial charge in [0.15, 0.2) is 6.61 Å². The average molecular weight is 263 g/mol. The average Bonchev–Trinajstić information content (AvgIpc) is 2.88. The van der Waals surface area contributed by atoms with Crippen molar-refractivity contribution in [2.45, 2.75) is 6.61 Å². The number of esters is 1. The molecule has 1 aromatic carbocycles. The second kappa shape index (κ2) is 6.07. The van der Waals surface area contributed by atoms with Crippen LogP contribution in [0.25, 0.3) is 0 Å². The summed E-state index contributed by atoms with van der Waals surface area (Å²) in [5.41, 5.74) is 6.19. The molecule has 18 heavy (non-hydrogen) atoms. The highest BCUT2D eigenvalue weighted by Crippen LogP contribution is 2.19. The molecule has 1 heterocycles. The van der Waals surface area contributed by atoms with Crippen LogP contribution in [0.4, 0.5) is 5.69 Å². The molecular formula is C13H13NO3S. The van der Waals surface area contributed by atoms with E-state index in [9.17, 15) is 4.79 Å². The summed E-state index contributed by atoms with van der Waals surface area (Å²) in [6.45, 7) is 0.143. The number of carbonyl (C=O) groups excluding carboxylic acids is 1. The molecule has 0 spiro atoms. The Labute approximate surface area is 109 Å². The summed E-state index contributed by atoms with van der Waals surface area (Å²) in [6, 6.07) is 10.8. The van der Waals surface area contributed by atoms with Gasteiger partial charge in [-0.1, -0.05) is 18.2 Å². The van der Waals surface area contributed by atoms with E-state index in [1.54, 1.807) is 35.6 Å². The Morgan fingerprint density at radius 1 is 1.22 bits per heavy atom. The van der Waals surface area contributed by atoms with E-state index in [0.717, 1.165) is 4.88 Å². The number of hydrogen-bond acceptors (Lipinski definition) is 5. The first kappa shape index (κ1) is 12.4. The molecule has 0 aliphatic rings. The maximum Gasteiger partial charge on any atom is 0.344 e. The molecule has 1 aromatic heterocycles. The molecule has 94 valence electrons. The van der Waals surface area contributed by atoms with Crippen LogP contribution in [0.3, 0.4) is 0 Å². The van der Waals surface area contributed by atoms with Gasteiger partial charge in [-0.25, -0.2) is 4.79 Å². The van der Waals surface area contributed by atoms with E-state index < -0.39 is 5.97 Å².